The van der Waals surface area contributed by atoms with Crippen LogP contribution in [0.3, 0.4) is 0 Å². The van der Waals surface area contributed by atoms with E-state index in [-0.39, 0.29) is 23.8 Å². The Bertz CT molecular complexity index is 1820. The summed E-state index contributed by atoms with van der Waals surface area (Å²) in [7, 11) is 4.23. The van der Waals surface area contributed by atoms with Gasteiger partial charge in [-0.1, -0.05) is 6.08 Å². The molecule has 4 aromatic rings. The molecule has 2 fully saturated rings. The summed E-state index contributed by atoms with van der Waals surface area (Å²) in [5.41, 5.74) is 18.5. The number of anilines is 2. The van der Waals surface area contributed by atoms with Gasteiger partial charge in [-0.15, -0.1) is 0 Å². The largest absolute Gasteiger partial charge is 0.474 e. The highest BCUT2D eigenvalue weighted by molar-refractivity contribution is 9.10. The van der Waals surface area contributed by atoms with Gasteiger partial charge in [-0.25, -0.2) is 18.7 Å². The highest BCUT2D eigenvalue weighted by atomic mass is 79.9. The number of piperidine rings is 2. The van der Waals surface area contributed by atoms with E-state index in [4.69, 9.17) is 20.9 Å². The highest BCUT2D eigenvalue weighted by Gasteiger charge is 2.21. The summed E-state index contributed by atoms with van der Waals surface area (Å²) in [4.78, 5) is 13.2. The van der Waals surface area contributed by atoms with E-state index in [1.807, 2.05) is 18.2 Å². The van der Waals surface area contributed by atoms with E-state index in [9.17, 15) is 8.78 Å². The van der Waals surface area contributed by atoms with Gasteiger partial charge in [0.1, 0.15) is 23.8 Å². The number of likely N-dealkylation sites (tertiary alicyclic amines) is 2. The van der Waals surface area contributed by atoms with E-state index in [0.717, 1.165) is 93.4 Å². The molecule has 0 radical (unpaired) electrons. The molecular formula is C39H45BrF2N6O2. The summed E-state index contributed by atoms with van der Waals surface area (Å²) < 4.78 is 40.6. The lowest BCUT2D eigenvalue weighted by Gasteiger charge is -2.29. The van der Waals surface area contributed by atoms with Gasteiger partial charge in [-0.05, 0) is 128 Å². The zero-order valence-corrected chi connectivity index (χ0v) is 30.3. The van der Waals surface area contributed by atoms with Crippen molar-refractivity contribution >= 4 is 32.9 Å². The van der Waals surface area contributed by atoms with Crippen molar-refractivity contribution in [3.8, 4) is 34.0 Å². The molecule has 0 bridgehead atoms. The molecule has 4 N–H and O–H groups in total. The average Bonchev–Trinajstić information content (AvgIpc) is 3.65. The molecule has 2 aliphatic heterocycles. The van der Waals surface area contributed by atoms with Crippen LogP contribution in [0.2, 0.25) is 0 Å². The predicted molar refractivity (Wildman–Crippen MR) is 200 cm³/mol. The highest BCUT2D eigenvalue weighted by Crippen LogP contribution is 2.38. The topological polar surface area (TPSA) is 103 Å². The number of nitrogens with zero attached hydrogens (tertiary/aromatic N) is 4. The van der Waals surface area contributed by atoms with Crippen molar-refractivity contribution in [1.29, 1.82) is 0 Å². The molecule has 50 heavy (non-hydrogen) atoms. The van der Waals surface area contributed by atoms with Gasteiger partial charge >= 0.3 is 0 Å². The van der Waals surface area contributed by atoms with Crippen LogP contribution < -0.4 is 20.9 Å². The third kappa shape index (κ3) is 8.99. The first-order valence-corrected chi connectivity index (χ1v) is 18.1. The van der Waals surface area contributed by atoms with Crippen molar-refractivity contribution in [3.63, 3.8) is 0 Å². The van der Waals surface area contributed by atoms with Gasteiger partial charge in [0.05, 0.1) is 5.69 Å². The van der Waals surface area contributed by atoms with Crippen LogP contribution >= 0.6 is 15.9 Å². The van der Waals surface area contributed by atoms with Crippen LogP contribution in [-0.4, -0.2) is 72.3 Å². The minimum absolute atomic E-state index is 0.172. The number of allylic oxidation sites excluding steroid dienone is 2. The first-order valence-electron chi connectivity index (χ1n) is 17.3. The molecule has 264 valence electrons. The van der Waals surface area contributed by atoms with Crippen LogP contribution in [0.5, 0.6) is 11.8 Å². The molecule has 1 aliphatic carbocycles. The second-order valence-electron chi connectivity index (χ2n) is 13.4. The molecule has 7 rings (SSSR count). The van der Waals surface area contributed by atoms with Crippen molar-refractivity contribution in [1.82, 2.24) is 19.8 Å². The lowest BCUT2D eigenvalue weighted by Crippen LogP contribution is -2.35. The van der Waals surface area contributed by atoms with Gasteiger partial charge in [0.15, 0.2) is 0 Å². The molecule has 3 aliphatic rings. The summed E-state index contributed by atoms with van der Waals surface area (Å²) >= 11 is 3.28. The number of nitrogens with two attached hydrogens (primary N) is 2. The fourth-order valence-corrected chi connectivity index (χ4v) is 7.12. The maximum absolute atomic E-state index is 14.3. The Hall–Kier alpha value is -4.06. The van der Waals surface area contributed by atoms with Gasteiger partial charge in [0.2, 0.25) is 11.8 Å². The van der Waals surface area contributed by atoms with Crippen molar-refractivity contribution in [2.24, 2.45) is 0 Å². The van der Waals surface area contributed by atoms with Crippen LogP contribution in [0, 0.1) is 11.6 Å². The standard InChI is InChI=1S/C22H26FN3O.C17H19BrFN3O/c1-26-10-7-18(8-11-26)27-21-12-16(6-9-25-21)20-14-17(23)13-19(22(20)24)15-4-2-3-5-15;1-22-6-3-13(4-7-22)23-16-8-11(2-5-21-16)14-9-12(19)10-15(18)17(14)20/h4,6,9,12-14,18H,2-3,5,7-8,10-11,24H2,1H3;2,5,8-10,13H,3-4,6-7,20H2,1H3. The number of hydrogen-bond donors (Lipinski definition) is 2. The molecule has 0 saturated carbocycles. The SMILES string of the molecule is CN1CCC(Oc2cc(-c3cc(F)cc(Br)c3N)ccn2)CC1.CN1CCC(Oc2cc(-c3cc(F)cc(C4=CCCC4)c3N)ccn2)CC1. The number of ether oxygens (including phenoxy) is 2. The van der Waals surface area contributed by atoms with Crippen LogP contribution in [0.25, 0.3) is 27.8 Å². The van der Waals surface area contributed by atoms with Crippen molar-refractivity contribution < 1.29 is 18.3 Å². The molecule has 2 aromatic carbocycles. The molecule has 11 heteroatoms. The molecular weight excluding hydrogens is 702 g/mol. The monoisotopic (exact) mass is 746 g/mol. The average molecular weight is 748 g/mol. The van der Waals surface area contributed by atoms with E-state index in [0.29, 0.717) is 38.7 Å². The third-order valence-electron chi connectivity index (χ3n) is 9.62. The Labute approximate surface area is 301 Å². The quantitative estimate of drug-likeness (QED) is 0.183. The number of nitrogen functional groups attached to an aromatic ring is 2. The molecule has 8 nitrogen and oxygen atoms in total. The number of halogens is 3. The number of hydrogen-bond acceptors (Lipinski definition) is 8. The second-order valence-corrected chi connectivity index (χ2v) is 14.2. The summed E-state index contributed by atoms with van der Waals surface area (Å²) in [6.45, 7) is 4.10. The molecule has 0 spiro atoms. The van der Waals surface area contributed by atoms with E-state index in [1.165, 1.54) is 18.2 Å². The van der Waals surface area contributed by atoms with Crippen molar-refractivity contribution in [2.45, 2.75) is 57.2 Å². The fourth-order valence-electron chi connectivity index (χ4n) is 6.69. The maximum atomic E-state index is 14.3. The fraction of sp³-hybridized carbons (Fsp3) is 0.385. The van der Waals surface area contributed by atoms with E-state index in [2.05, 4.69) is 55.9 Å². The summed E-state index contributed by atoms with van der Waals surface area (Å²) in [6.07, 6.45) is 12.9. The minimum Gasteiger partial charge on any atom is -0.474 e. The Kier molecular flexibility index (Phi) is 11.7. The van der Waals surface area contributed by atoms with Crippen LogP contribution in [0.4, 0.5) is 20.2 Å². The summed E-state index contributed by atoms with van der Waals surface area (Å²) in [5.74, 6) is 0.524. The zero-order valence-electron chi connectivity index (χ0n) is 28.7. The van der Waals surface area contributed by atoms with Crippen molar-refractivity contribution in [3.05, 3.63) is 88.7 Å². The van der Waals surface area contributed by atoms with E-state index < -0.39 is 0 Å². The molecule has 0 amide bonds. The van der Waals surface area contributed by atoms with Crippen LogP contribution in [0.15, 0.2) is 71.5 Å². The lowest BCUT2D eigenvalue weighted by molar-refractivity contribution is 0.110. The summed E-state index contributed by atoms with van der Waals surface area (Å²) in [6, 6.07) is 13.2. The third-order valence-corrected chi connectivity index (χ3v) is 10.3. The second kappa shape index (κ2) is 16.3. The molecule has 0 atom stereocenters. The Balaban J connectivity index is 0.000000175. The maximum Gasteiger partial charge on any atom is 0.214 e. The predicted octanol–water partition coefficient (Wildman–Crippen LogP) is 8.22. The first kappa shape index (κ1) is 35.8. The van der Waals surface area contributed by atoms with Crippen molar-refractivity contribution in [2.75, 3.05) is 51.7 Å². The van der Waals surface area contributed by atoms with Gasteiger partial charge in [-0.2, -0.15) is 0 Å². The summed E-state index contributed by atoms with van der Waals surface area (Å²) in [5, 5.41) is 0. The smallest absolute Gasteiger partial charge is 0.214 e. The van der Waals surface area contributed by atoms with Crippen LogP contribution in [0.1, 0.15) is 50.5 Å². The molecule has 2 saturated heterocycles. The lowest BCUT2D eigenvalue weighted by atomic mass is 9.96. The van der Waals surface area contributed by atoms with E-state index >= 15 is 0 Å². The number of aromatic nitrogens is 2. The number of benzene rings is 2. The Morgan fingerprint density at radius 2 is 1.18 bits per heavy atom. The van der Waals surface area contributed by atoms with Crippen LogP contribution in [-0.2, 0) is 0 Å². The zero-order chi connectivity index (χ0) is 35.2. The molecule has 2 aromatic heterocycles. The Morgan fingerprint density at radius 3 is 1.68 bits per heavy atom. The van der Waals surface area contributed by atoms with Gasteiger partial charge in [0, 0.05) is 77.6 Å². The Morgan fingerprint density at radius 1 is 0.700 bits per heavy atom. The molecule has 0 unspecified atom stereocenters. The number of pyridine rings is 2. The normalized spacial score (nSPS) is 17.6. The number of rotatable bonds is 7. The van der Waals surface area contributed by atoms with E-state index in [1.54, 1.807) is 24.5 Å². The van der Waals surface area contributed by atoms with Gasteiger partial charge in [-0.3, -0.25) is 0 Å². The van der Waals surface area contributed by atoms with Gasteiger partial charge < -0.3 is 30.7 Å². The molecule has 4 heterocycles. The minimum atomic E-state index is -0.337. The van der Waals surface area contributed by atoms with Gasteiger partial charge in [0.25, 0.3) is 0 Å². The first-order chi connectivity index (χ1) is 24.1.